The normalized spacial score (nSPS) is 8.29. The van der Waals surface area contributed by atoms with Gasteiger partial charge in [0.15, 0.2) is 0 Å². The molecule has 0 unspecified atom stereocenters. The van der Waals surface area contributed by atoms with Gasteiger partial charge in [-0.15, -0.1) is 0 Å². The highest BCUT2D eigenvalue weighted by molar-refractivity contribution is 6.31. The first kappa shape index (κ1) is 12.8. The molecule has 14 heavy (non-hydrogen) atoms. The monoisotopic (exact) mass is 211 g/mol. The highest BCUT2D eigenvalue weighted by atomic mass is 35.5. The van der Waals surface area contributed by atoms with Crippen LogP contribution < -0.4 is 4.74 Å². The van der Waals surface area contributed by atoms with Gasteiger partial charge < -0.3 is 4.74 Å². The highest BCUT2D eigenvalue weighted by Crippen LogP contribution is 2.25. The smallest absolute Gasteiger partial charge is 0.121 e. The van der Waals surface area contributed by atoms with E-state index in [1.807, 2.05) is 19.9 Å². The molecule has 3 heteroatoms. The maximum Gasteiger partial charge on any atom is 0.121 e. The Kier molecular flexibility index (Phi) is 5.74. The molecule has 0 aliphatic rings. The van der Waals surface area contributed by atoms with Crippen molar-refractivity contribution in [2.24, 2.45) is 0 Å². The number of methoxy groups -OCH3 is 1. The van der Waals surface area contributed by atoms with Gasteiger partial charge in [-0.3, -0.25) is 0 Å². The third kappa shape index (κ3) is 2.93. The van der Waals surface area contributed by atoms with Gasteiger partial charge >= 0.3 is 0 Å². The van der Waals surface area contributed by atoms with E-state index in [4.69, 9.17) is 21.6 Å². The van der Waals surface area contributed by atoms with Crippen molar-refractivity contribution in [2.45, 2.75) is 20.8 Å². The number of ether oxygens (including phenoxy) is 1. The van der Waals surface area contributed by atoms with Crippen LogP contribution in [0, 0.1) is 18.3 Å². The second kappa shape index (κ2) is 6.28. The SMILES string of the molecule is CC.COc1cc(Cl)c(C)c(C#N)c1. The van der Waals surface area contributed by atoms with Crippen LogP contribution in [-0.4, -0.2) is 7.11 Å². The molecule has 0 atom stereocenters. The number of nitrogens with zero attached hydrogens (tertiary/aromatic N) is 1. The molecule has 76 valence electrons. The molecular formula is C11H14ClNO. The molecule has 0 fully saturated rings. The van der Waals surface area contributed by atoms with Gasteiger partial charge in [0, 0.05) is 5.02 Å². The van der Waals surface area contributed by atoms with Crippen molar-refractivity contribution in [3.05, 3.63) is 28.3 Å². The molecule has 2 nitrogen and oxygen atoms in total. The largest absolute Gasteiger partial charge is 0.497 e. The van der Waals surface area contributed by atoms with Gasteiger partial charge in [0.25, 0.3) is 0 Å². The summed E-state index contributed by atoms with van der Waals surface area (Å²) in [6.45, 7) is 5.81. The van der Waals surface area contributed by atoms with Gasteiger partial charge in [0.2, 0.25) is 0 Å². The summed E-state index contributed by atoms with van der Waals surface area (Å²) >= 11 is 5.85. The molecule has 1 rings (SSSR count). The molecule has 1 aromatic rings. The van der Waals surface area contributed by atoms with Crippen LogP contribution in [0.2, 0.25) is 5.02 Å². The minimum absolute atomic E-state index is 0.555. The molecule has 1 aromatic carbocycles. The number of rotatable bonds is 1. The number of nitriles is 1. The Morgan fingerprint density at radius 2 is 1.93 bits per heavy atom. The lowest BCUT2D eigenvalue weighted by atomic mass is 10.1. The molecule has 0 radical (unpaired) electrons. The molecule has 0 bridgehead atoms. The summed E-state index contributed by atoms with van der Waals surface area (Å²) < 4.78 is 4.96. The van der Waals surface area contributed by atoms with Crippen LogP contribution in [0.1, 0.15) is 25.0 Å². The van der Waals surface area contributed by atoms with Crippen molar-refractivity contribution in [1.29, 1.82) is 5.26 Å². The fraction of sp³-hybridized carbons (Fsp3) is 0.364. The Balaban J connectivity index is 0.000000791. The Morgan fingerprint density at radius 3 is 2.36 bits per heavy atom. The van der Waals surface area contributed by atoms with E-state index in [-0.39, 0.29) is 0 Å². The Labute approximate surface area is 90.1 Å². The lowest BCUT2D eigenvalue weighted by Crippen LogP contribution is -1.88. The van der Waals surface area contributed by atoms with Crippen LogP contribution in [0.25, 0.3) is 0 Å². The van der Waals surface area contributed by atoms with Gasteiger partial charge in [0.05, 0.1) is 18.7 Å². The minimum Gasteiger partial charge on any atom is -0.497 e. The third-order valence-electron chi connectivity index (χ3n) is 1.67. The van der Waals surface area contributed by atoms with E-state index in [1.54, 1.807) is 26.2 Å². The number of hydrogen-bond acceptors (Lipinski definition) is 2. The summed E-state index contributed by atoms with van der Waals surface area (Å²) in [6.07, 6.45) is 0. The summed E-state index contributed by atoms with van der Waals surface area (Å²) in [5, 5.41) is 9.26. The molecular weight excluding hydrogens is 198 g/mol. The average molecular weight is 212 g/mol. The fourth-order valence-corrected chi connectivity index (χ4v) is 1.10. The van der Waals surface area contributed by atoms with E-state index in [1.165, 1.54) is 0 Å². The maximum absolute atomic E-state index is 8.70. The summed E-state index contributed by atoms with van der Waals surface area (Å²) in [5.74, 6) is 0.613. The van der Waals surface area contributed by atoms with Gasteiger partial charge in [0.1, 0.15) is 5.75 Å². The standard InChI is InChI=1S/C9H8ClNO.C2H6/c1-6-7(5-11)3-8(12-2)4-9(6)10;1-2/h3-4H,1-2H3;1-2H3. The molecule has 0 spiro atoms. The maximum atomic E-state index is 8.70. The molecule has 0 aliphatic carbocycles. The number of benzene rings is 1. The molecule has 0 saturated heterocycles. The van der Waals surface area contributed by atoms with Crippen LogP contribution in [0.4, 0.5) is 0 Å². The van der Waals surface area contributed by atoms with Crippen LogP contribution in [0.5, 0.6) is 5.75 Å². The predicted octanol–water partition coefficient (Wildman–Crippen LogP) is 3.55. The van der Waals surface area contributed by atoms with E-state index in [2.05, 4.69) is 0 Å². The minimum atomic E-state index is 0.555. The second-order valence-corrected chi connectivity index (χ2v) is 2.80. The first-order valence-corrected chi connectivity index (χ1v) is 4.81. The summed E-state index contributed by atoms with van der Waals surface area (Å²) in [6, 6.07) is 5.41. The summed E-state index contributed by atoms with van der Waals surface area (Å²) in [4.78, 5) is 0. The van der Waals surface area contributed by atoms with Crippen molar-refractivity contribution in [2.75, 3.05) is 7.11 Å². The third-order valence-corrected chi connectivity index (χ3v) is 2.07. The molecule has 0 amide bonds. The zero-order valence-corrected chi connectivity index (χ0v) is 9.64. The Hall–Kier alpha value is -1.20. The van der Waals surface area contributed by atoms with Crippen molar-refractivity contribution < 1.29 is 4.74 Å². The van der Waals surface area contributed by atoms with E-state index in [9.17, 15) is 0 Å². The summed E-state index contributed by atoms with van der Waals surface area (Å²) in [5.41, 5.74) is 1.35. The van der Waals surface area contributed by atoms with Crippen molar-refractivity contribution in [1.82, 2.24) is 0 Å². The molecule has 0 aliphatic heterocycles. The lowest BCUT2D eigenvalue weighted by Gasteiger charge is -2.04. The zero-order valence-electron chi connectivity index (χ0n) is 8.89. The van der Waals surface area contributed by atoms with Gasteiger partial charge in [-0.2, -0.15) is 5.26 Å². The van der Waals surface area contributed by atoms with Gasteiger partial charge in [-0.1, -0.05) is 25.4 Å². The summed E-state index contributed by atoms with van der Waals surface area (Å²) in [7, 11) is 1.54. The quantitative estimate of drug-likeness (QED) is 0.712. The highest BCUT2D eigenvalue weighted by Gasteiger charge is 2.04. The average Bonchev–Trinajstić information content (AvgIpc) is 2.24. The predicted molar refractivity (Wildman–Crippen MR) is 58.8 cm³/mol. The molecule has 0 aromatic heterocycles. The Morgan fingerprint density at radius 1 is 1.36 bits per heavy atom. The lowest BCUT2D eigenvalue weighted by molar-refractivity contribution is 0.414. The second-order valence-electron chi connectivity index (χ2n) is 2.39. The topological polar surface area (TPSA) is 33.0 Å². The van der Waals surface area contributed by atoms with Crippen LogP contribution in [0.15, 0.2) is 12.1 Å². The first-order valence-electron chi connectivity index (χ1n) is 4.43. The number of halogens is 1. The van der Waals surface area contributed by atoms with Gasteiger partial charge in [-0.05, 0) is 24.6 Å². The van der Waals surface area contributed by atoms with Gasteiger partial charge in [-0.25, -0.2) is 0 Å². The van der Waals surface area contributed by atoms with Crippen LogP contribution in [0.3, 0.4) is 0 Å². The molecule has 0 heterocycles. The van der Waals surface area contributed by atoms with Crippen molar-refractivity contribution in [3.8, 4) is 11.8 Å². The first-order chi connectivity index (χ1) is 6.69. The van der Waals surface area contributed by atoms with Crippen molar-refractivity contribution >= 4 is 11.6 Å². The van der Waals surface area contributed by atoms with E-state index < -0.39 is 0 Å². The van der Waals surface area contributed by atoms with Crippen LogP contribution in [-0.2, 0) is 0 Å². The van der Waals surface area contributed by atoms with Crippen LogP contribution >= 0.6 is 11.6 Å². The zero-order chi connectivity index (χ0) is 11.1. The fourth-order valence-electron chi connectivity index (χ4n) is 0.888. The van der Waals surface area contributed by atoms with Crippen molar-refractivity contribution in [3.63, 3.8) is 0 Å². The van der Waals surface area contributed by atoms with E-state index in [0.29, 0.717) is 16.3 Å². The number of hydrogen-bond donors (Lipinski definition) is 0. The molecule has 0 N–H and O–H groups in total. The van der Waals surface area contributed by atoms with E-state index >= 15 is 0 Å². The molecule has 0 saturated carbocycles. The Bertz CT molecular complexity index is 342. The van der Waals surface area contributed by atoms with E-state index in [0.717, 1.165) is 5.56 Å².